The molecule has 0 fully saturated rings. The molecule has 0 aliphatic carbocycles. The molecular weight excluding hydrogens is 392 g/mol. The summed E-state index contributed by atoms with van der Waals surface area (Å²) in [5, 5.41) is 1.88. The van der Waals surface area contributed by atoms with Crippen molar-refractivity contribution in [2.24, 2.45) is 0 Å². The molecule has 3 nitrogen and oxygen atoms in total. The van der Waals surface area contributed by atoms with Crippen LogP contribution >= 0.6 is 11.6 Å². The van der Waals surface area contributed by atoms with Gasteiger partial charge in [-0.25, -0.2) is 0 Å². The quantitative estimate of drug-likeness (QED) is 0.411. The van der Waals surface area contributed by atoms with Gasteiger partial charge in [0, 0.05) is 34.2 Å². The van der Waals surface area contributed by atoms with Crippen LogP contribution in [-0.4, -0.2) is 22.3 Å². The van der Waals surface area contributed by atoms with Crippen LogP contribution in [-0.2, 0) is 11.2 Å². The molecule has 148 valence electrons. The summed E-state index contributed by atoms with van der Waals surface area (Å²) in [6, 6.07) is 25.7. The van der Waals surface area contributed by atoms with Crippen molar-refractivity contribution in [1.82, 2.24) is 9.88 Å². The molecular formula is C26H21ClN2O. The number of amides is 1. The van der Waals surface area contributed by atoms with E-state index in [0.29, 0.717) is 11.6 Å². The van der Waals surface area contributed by atoms with Crippen LogP contribution in [0.25, 0.3) is 17.0 Å². The SMILES string of the molecule is O=C(/C=C/c1ccccc1)N1CCc2c([nH]c3ccccc23)C1c1ccccc1Cl. The van der Waals surface area contributed by atoms with E-state index < -0.39 is 0 Å². The average Bonchev–Trinajstić information content (AvgIpc) is 3.17. The van der Waals surface area contributed by atoms with E-state index in [9.17, 15) is 4.79 Å². The smallest absolute Gasteiger partial charge is 0.247 e. The lowest BCUT2D eigenvalue weighted by Crippen LogP contribution is -2.39. The number of aromatic amines is 1. The van der Waals surface area contributed by atoms with Gasteiger partial charge in [0.2, 0.25) is 5.91 Å². The van der Waals surface area contributed by atoms with E-state index in [1.807, 2.05) is 71.6 Å². The lowest BCUT2D eigenvalue weighted by atomic mass is 9.92. The van der Waals surface area contributed by atoms with Crippen molar-refractivity contribution in [3.05, 3.63) is 112 Å². The van der Waals surface area contributed by atoms with Gasteiger partial charge >= 0.3 is 0 Å². The van der Waals surface area contributed by atoms with Gasteiger partial charge in [-0.2, -0.15) is 0 Å². The van der Waals surface area contributed by atoms with Crippen LogP contribution in [0.4, 0.5) is 0 Å². The van der Waals surface area contributed by atoms with Crippen molar-refractivity contribution in [2.45, 2.75) is 12.5 Å². The van der Waals surface area contributed by atoms with Crippen molar-refractivity contribution in [1.29, 1.82) is 0 Å². The summed E-state index contributed by atoms with van der Waals surface area (Å²) in [5.41, 5.74) is 5.36. The molecule has 1 atom stereocenters. The molecule has 30 heavy (non-hydrogen) atoms. The Morgan fingerprint density at radius 3 is 2.53 bits per heavy atom. The number of carbonyl (C=O) groups is 1. The molecule has 1 amide bonds. The highest BCUT2D eigenvalue weighted by atomic mass is 35.5. The molecule has 2 heterocycles. The Morgan fingerprint density at radius 1 is 0.967 bits per heavy atom. The van der Waals surface area contributed by atoms with Gasteiger partial charge in [-0.1, -0.05) is 78.3 Å². The van der Waals surface area contributed by atoms with Crippen LogP contribution in [0.2, 0.25) is 5.02 Å². The van der Waals surface area contributed by atoms with Gasteiger partial charge in [0.1, 0.15) is 0 Å². The zero-order chi connectivity index (χ0) is 20.5. The summed E-state index contributed by atoms with van der Waals surface area (Å²) in [6.45, 7) is 0.642. The Morgan fingerprint density at radius 2 is 1.70 bits per heavy atom. The highest BCUT2D eigenvalue weighted by Crippen LogP contribution is 2.40. The number of para-hydroxylation sites is 1. The summed E-state index contributed by atoms with van der Waals surface area (Å²) < 4.78 is 0. The van der Waals surface area contributed by atoms with Crippen molar-refractivity contribution in [3.8, 4) is 0 Å². The molecule has 1 N–H and O–H groups in total. The van der Waals surface area contributed by atoms with E-state index in [1.165, 1.54) is 10.9 Å². The standard InChI is InChI=1S/C26H21ClN2O/c27-22-12-6-4-11-21(22)26-25-20(19-10-5-7-13-23(19)28-25)16-17-29(26)24(30)15-14-18-8-2-1-3-9-18/h1-15,26,28H,16-17H2/b15-14+. The topological polar surface area (TPSA) is 36.1 Å². The number of nitrogens with one attached hydrogen (secondary N) is 1. The first-order valence-electron chi connectivity index (χ1n) is 10.1. The third-order valence-electron chi connectivity index (χ3n) is 5.74. The van der Waals surface area contributed by atoms with Crippen LogP contribution in [0.1, 0.15) is 28.4 Å². The number of aromatic nitrogens is 1. The first kappa shape index (κ1) is 18.7. The number of carbonyl (C=O) groups excluding carboxylic acids is 1. The van der Waals surface area contributed by atoms with Gasteiger partial charge in [-0.15, -0.1) is 0 Å². The number of hydrogen-bond donors (Lipinski definition) is 1. The van der Waals surface area contributed by atoms with Gasteiger partial charge < -0.3 is 9.88 Å². The number of fused-ring (bicyclic) bond motifs is 3. The maximum Gasteiger partial charge on any atom is 0.247 e. The molecule has 0 saturated heterocycles. The number of rotatable bonds is 3. The van der Waals surface area contributed by atoms with Crippen LogP contribution in [0.15, 0.2) is 84.9 Å². The van der Waals surface area contributed by atoms with E-state index in [0.717, 1.165) is 28.8 Å². The van der Waals surface area contributed by atoms with E-state index in [1.54, 1.807) is 6.08 Å². The van der Waals surface area contributed by atoms with Crippen LogP contribution in [0.5, 0.6) is 0 Å². The second-order valence-corrected chi connectivity index (χ2v) is 7.92. The molecule has 0 spiro atoms. The van der Waals surface area contributed by atoms with Gasteiger partial charge in [0.15, 0.2) is 0 Å². The second kappa shape index (κ2) is 7.85. The molecule has 1 unspecified atom stereocenters. The molecule has 1 aliphatic rings. The van der Waals surface area contributed by atoms with Crippen molar-refractivity contribution in [2.75, 3.05) is 6.54 Å². The van der Waals surface area contributed by atoms with Crippen molar-refractivity contribution >= 4 is 34.5 Å². The number of H-pyrrole nitrogens is 1. The fourth-order valence-electron chi connectivity index (χ4n) is 4.33. The molecule has 0 radical (unpaired) electrons. The van der Waals surface area contributed by atoms with E-state index >= 15 is 0 Å². The molecule has 4 aromatic rings. The van der Waals surface area contributed by atoms with Gasteiger partial charge in [-0.05, 0) is 41.3 Å². The second-order valence-electron chi connectivity index (χ2n) is 7.51. The van der Waals surface area contributed by atoms with Gasteiger partial charge in [0.05, 0.1) is 6.04 Å². The van der Waals surface area contributed by atoms with E-state index in [-0.39, 0.29) is 11.9 Å². The summed E-state index contributed by atoms with van der Waals surface area (Å²) in [7, 11) is 0. The summed E-state index contributed by atoms with van der Waals surface area (Å²) in [4.78, 5) is 18.8. The lowest BCUT2D eigenvalue weighted by Gasteiger charge is -2.36. The van der Waals surface area contributed by atoms with Gasteiger partial charge in [0.25, 0.3) is 0 Å². The van der Waals surface area contributed by atoms with Crippen LogP contribution in [0, 0.1) is 0 Å². The third-order valence-corrected chi connectivity index (χ3v) is 6.08. The predicted molar refractivity (Wildman–Crippen MR) is 122 cm³/mol. The number of halogens is 1. The molecule has 1 aromatic heterocycles. The first-order chi connectivity index (χ1) is 14.7. The van der Waals surface area contributed by atoms with E-state index in [4.69, 9.17) is 11.6 Å². The summed E-state index contributed by atoms with van der Waals surface area (Å²) in [6.07, 6.45) is 4.34. The zero-order valence-corrected chi connectivity index (χ0v) is 17.1. The minimum absolute atomic E-state index is 0.0203. The van der Waals surface area contributed by atoms with Crippen LogP contribution in [0.3, 0.4) is 0 Å². The molecule has 0 bridgehead atoms. The Labute approximate surface area is 180 Å². The summed E-state index contributed by atoms with van der Waals surface area (Å²) >= 11 is 6.60. The average molecular weight is 413 g/mol. The normalized spacial score (nSPS) is 16.2. The first-order valence-corrected chi connectivity index (χ1v) is 10.5. The third kappa shape index (κ3) is 3.31. The summed E-state index contributed by atoms with van der Waals surface area (Å²) in [5.74, 6) is -0.0203. The Kier molecular flexibility index (Phi) is 4.89. The fraction of sp³-hybridized carbons (Fsp3) is 0.115. The van der Waals surface area contributed by atoms with Crippen molar-refractivity contribution in [3.63, 3.8) is 0 Å². The lowest BCUT2D eigenvalue weighted by molar-refractivity contribution is -0.128. The fourth-order valence-corrected chi connectivity index (χ4v) is 4.56. The van der Waals surface area contributed by atoms with Crippen molar-refractivity contribution < 1.29 is 4.79 Å². The van der Waals surface area contributed by atoms with E-state index in [2.05, 4.69) is 23.2 Å². The van der Waals surface area contributed by atoms with Gasteiger partial charge in [-0.3, -0.25) is 4.79 Å². The Hall–Kier alpha value is -3.30. The highest BCUT2D eigenvalue weighted by molar-refractivity contribution is 6.31. The number of hydrogen-bond acceptors (Lipinski definition) is 1. The molecule has 4 heteroatoms. The maximum atomic E-state index is 13.3. The highest BCUT2D eigenvalue weighted by Gasteiger charge is 2.34. The molecule has 1 aliphatic heterocycles. The number of nitrogens with zero attached hydrogens (tertiary/aromatic N) is 1. The Balaban J connectivity index is 1.59. The minimum Gasteiger partial charge on any atom is -0.356 e. The maximum absolute atomic E-state index is 13.3. The Bertz CT molecular complexity index is 1240. The molecule has 5 rings (SSSR count). The molecule has 0 saturated carbocycles. The largest absolute Gasteiger partial charge is 0.356 e. The zero-order valence-electron chi connectivity index (χ0n) is 16.4. The monoisotopic (exact) mass is 412 g/mol. The predicted octanol–water partition coefficient (Wildman–Crippen LogP) is 6.01. The minimum atomic E-state index is -0.247. The number of benzene rings is 3. The van der Waals surface area contributed by atoms with Crippen LogP contribution < -0.4 is 0 Å². The molecule has 3 aromatic carbocycles.